The first-order chi connectivity index (χ1) is 11.3. The first-order valence-corrected chi connectivity index (χ1v) is 8.20. The van der Waals surface area contributed by atoms with Gasteiger partial charge in [-0.3, -0.25) is 4.98 Å². The number of aromatic amines is 1. The van der Waals surface area contributed by atoms with Crippen molar-refractivity contribution in [3.63, 3.8) is 0 Å². The average molecular weight is 343 g/mol. The van der Waals surface area contributed by atoms with Crippen molar-refractivity contribution >= 4 is 39.9 Å². The minimum atomic E-state index is 0.165. The molecule has 23 heavy (non-hydrogen) atoms. The van der Waals surface area contributed by atoms with Crippen LogP contribution in [0.5, 0.6) is 0 Å². The van der Waals surface area contributed by atoms with E-state index in [1.54, 1.807) is 17.7 Å². The van der Waals surface area contributed by atoms with Gasteiger partial charge in [0.1, 0.15) is 5.52 Å². The van der Waals surface area contributed by atoms with E-state index >= 15 is 0 Å². The third-order valence-corrected chi connectivity index (χ3v) is 4.21. The summed E-state index contributed by atoms with van der Waals surface area (Å²) in [6, 6.07) is 6.11. The van der Waals surface area contributed by atoms with Gasteiger partial charge in [-0.2, -0.15) is 21.3 Å². The Bertz CT molecular complexity index is 932. The number of imidazole rings is 1. The highest BCUT2D eigenvalue weighted by Crippen LogP contribution is 2.21. The number of nitrogens with one attached hydrogen (secondary N) is 2. The molecule has 0 unspecified atom stereocenters. The summed E-state index contributed by atoms with van der Waals surface area (Å²) in [6.07, 6.45) is 3.42. The van der Waals surface area contributed by atoms with Crippen LogP contribution in [0.15, 0.2) is 41.5 Å². The van der Waals surface area contributed by atoms with E-state index in [0.717, 1.165) is 22.3 Å². The molecule has 8 heteroatoms. The van der Waals surface area contributed by atoms with Crippen LogP contribution in [-0.2, 0) is 6.54 Å². The van der Waals surface area contributed by atoms with Crippen LogP contribution in [0.4, 0.5) is 5.82 Å². The van der Waals surface area contributed by atoms with Crippen molar-refractivity contribution < 1.29 is 0 Å². The van der Waals surface area contributed by atoms with E-state index in [2.05, 4.69) is 41.7 Å². The Labute approximate surface area is 140 Å². The van der Waals surface area contributed by atoms with Crippen molar-refractivity contribution in [2.75, 3.05) is 5.32 Å². The van der Waals surface area contributed by atoms with Crippen molar-refractivity contribution in [3.8, 4) is 11.3 Å². The Morgan fingerprint density at radius 1 is 1.17 bits per heavy atom. The van der Waals surface area contributed by atoms with Crippen LogP contribution in [0.1, 0.15) is 5.56 Å². The average Bonchev–Trinajstić information content (AvgIpc) is 3.24. The molecular weight excluding hydrogens is 332 g/mol. The van der Waals surface area contributed by atoms with Gasteiger partial charge < -0.3 is 10.3 Å². The molecule has 4 aromatic rings. The van der Waals surface area contributed by atoms with E-state index in [0.29, 0.717) is 18.0 Å². The molecule has 0 aliphatic rings. The summed E-state index contributed by atoms with van der Waals surface area (Å²) in [5.74, 6) is 0.624. The van der Waals surface area contributed by atoms with Crippen LogP contribution >= 0.6 is 22.9 Å². The molecule has 0 saturated heterocycles. The second-order valence-corrected chi connectivity index (χ2v) is 5.98. The Balaban J connectivity index is 1.53. The molecule has 0 aliphatic carbocycles. The van der Waals surface area contributed by atoms with E-state index in [-0.39, 0.29) is 5.28 Å². The smallest absolute Gasteiger partial charge is 0.226 e. The highest BCUT2D eigenvalue weighted by molar-refractivity contribution is 7.08. The molecule has 0 spiro atoms. The number of aromatic nitrogens is 5. The lowest BCUT2D eigenvalue weighted by Crippen LogP contribution is -2.03. The van der Waals surface area contributed by atoms with Crippen LogP contribution in [-0.4, -0.2) is 24.9 Å². The summed E-state index contributed by atoms with van der Waals surface area (Å²) in [5, 5.41) is 7.53. The fraction of sp³-hybridized carbons (Fsp3) is 0.0667. The normalized spacial score (nSPS) is 11.0. The lowest BCUT2D eigenvalue weighted by molar-refractivity contribution is 1.08. The zero-order chi connectivity index (χ0) is 15.6. The Hall–Kier alpha value is -2.51. The largest absolute Gasteiger partial charge is 0.364 e. The molecule has 4 heterocycles. The molecule has 0 amide bonds. The predicted molar refractivity (Wildman–Crippen MR) is 91.6 cm³/mol. The topological polar surface area (TPSA) is 79.4 Å². The zero-order valence-corrected chi connectivity index (χ0v) is 13.4. The van der Waals surface area contributed by atoms with E-state index in [1.165, 1.54) is 0 Å². The standard InChI is InChI=1S/C15H11ClN6S/c16-15-21-13(12-14(22-15)20-8-19-12)18-6-9-1-2-11(17-5-9)10-3-4-23-7-10/h1-5,7-8H,6H2,(H2,18,19,20,21,22). The third-order valence-electron chi connectivity index (χ3n) is 3.36. The number of pyridine rings is 1. The second-order valence-electron chi connectivity index (χ2n) is 4.86. The summed E-state index contributed by atoms with van der Waals surface area (Å²) in [7, 11) is 0. The highest BCUT2D eigenvalue weighted by atomic mass is 35.5. The molecule has 114 valence electrons. The summed E-state index contributed by atoms with van der Waals surface area (Å²) in [6.45, 7) is 0.582. The van der Waals surface area contributed by atoms with Gasteiger partial charge in [0.2, 0.25) is 5.28 Å². The molecule has 4 rings (SSSR count). The minimum absolute atomic E-state index is 0.165. The lowest BCUT2D eigenvalue weighted by Gasteiger charge is -2.07. The third kappa shape index (κ3) is 2.88. The summed E-state index contributed by atoms with van der Waals surface area (Å²) < 4.78 is 0. The van der Waals surface area contributed by atoms with Crippen molar-refractivity contribution in [1.82, 2.24) is 24.9 Å². The predicted octanol–water partition coefficient (Wildman–Crippen LogP) is 3.74. The number of H-pyrrole nitrogens is 1. The van der Waals surface area contributed by atoms with Crippen molar-refractivity contribution in [3.05, 3.63) is 52.3 Å². The molecule has 0 atom stereocenters. The van der Waals surface area contributed by atoms with E-state index in [4.69, 9.17) is 11.6 Å². The fourth-order valence-electron chi connectivity index (χ4n) is 2.23. The number of fused-ring (bicyclic) bond motifs is 1. The number of anilines is 1. The number of hydrogen-bond acceptors (Lipinski definition) is 6. The molecule has 0 aliphatic heterocycles. The molecule has 2 N–H and O–H groups in total. The van der Waals surface area contributed by atoms with Gasteiger partial charge in [0.25, 0.3) is 0 Å². The second kappa shape index (κ2) is 5.94. The van der Waals surface area contributed by atoms with Gasteiger partial charge in [0.05, 0.1) is 12.0 Å². The Morgan fingerprint density at radius 3 is 2.91 bits per heavy atom. The lowest BCUT2D eigenvalue weighted by atomic mass is 10.2. The number of rotatable bonds is 4. The van der Waals surface area contributed by atoms with Gasteiger partial charge in [-0.1, -0.05) is 6.07 Å². The van der Waals surface area contributed by atoms with Crippen molar-refractivity contribution in [2.45, 2.75) is 6.54 Å². The summed E-state index contributed by atoms with van der Waals surface area (Å²) in [5.41, 5.74) is 4.43. The highest BCUT2D eigenvalue weighted by Gasteiger charge is 2.08. The maximum Gasteiger partial charge on any atom is 0.226 e. The monoisotopic (exact) mass is 342 g/mol. The summed E-state index contributed by atoms with van der Waals surface area (Å²) in [4.78, 5) is 19.8. The first-order valence-electron chi connectivity index (χ1n) is 6.87. The minimum Gasteiger partial charge on any atom is -0.364 e. The molecule has 4 aromatic heterocycles. The number of nitrogens with zero attached hydrogens (tertiary/aromatic N) is 4. The van der Waals surface area contributed by atoms with Crippen LogP contribution in [0.25, 0.3) is 22.4 Å². The van der Waals surface area contributed by atoms with Crippen LogP contribution in [0.2, 0.25) is 5.28 Å². The molecule has 0 aromatic carbocycles. The maximum absolute atomic E-state index is 5.91. The maximum atomic E-state index is 5.91. The van der Waals surface area contributed by atoms with Gasteiger partial charge in [-0.25, -0.2) is 4.98 Å². The van der Waals surface area contributed by atoms with Gasteiger partial charge in [-0.15, -0.1) is 0 Å². The van der Waals surface area contributed by atoms with Gasteiger partial charge in [0.15, 0.2) is 11.5 Å². The van der Waals surface area contributed by atoms with Crippen LogP contribution < -0.4 is 5.32 Å². The quantitative estimate of drug-likeness (QED) is 0.552. The van der Waals surface area contributed by atoms with E-state index < -0.39 is 0 Å². The SMILES string of the molecule is Clc1nc(NCc2ccc(-c3ccsc3)nc2)c2[nH]cnc2n1. The molecule has 0 bridgehead atoms. The fourth-order valence-corrected chi connectivity index (χ4v) is 3.04. The van der Waals surface area contributed by atoms with Crippen molar-refractivity contribution in [1.29, 1.82) is 0 Å². The molecular formula is C15H11ClN6S. The van der Waals surface area contributed by atoms with Gasteiger partial charge in [0, 0.05) is 23.7 Å². The van der Waals surface area contributed by atoms with Crippen LogP contribution in [0.3, 0.4) is 0 Å². The van der Waals surface area contributed by atoms with Crippen LogP contribution in [0, 0.1) is 0 Å². The molecule has 0 radical (unpaired) electrons. The first kappa shape index (κ1) is 14.1. The summed E-state index contributed by atoms with van der Waals surface area (Å²) >= 11 is 7.57. The Kier molecular flexibility index (Phi) is 3.64. The van der Waals surface area contributed by atoms with Gasteiger partial charge in [-0.05, 0) is 34.7 Å². The van der Waals surface area contributed by atoms with Crippen molar-refractivity contribution in [2.24, 2.45) is 0 Å². The Morgan fingerprint density at radius 2 is 2.13 bits per heavy atom. The van der Waals surface area contributed by atoms with Gasteiger partial charge >= 0.3 is 0 Å². The molecule has 0 saturated carbocycles. The number of thiophene rings is 1. The number of halogens is 1. The van der Waals surface area contributed by atoms with E-state index in [1.807, 2.05) is 23.7 Å². The van der Waals surface area contributed by atoms with E-state index in [9.17, 15) is 0 Å². The zero-order valence-electron chi connectivity index (χ0n) is 11.8. The molecule has 6 nitrogen and oxygen atoms in total. The molecule has 0 fully saturated rings. The number of hydrogen-bond donors (Lipinski definition) is 2.